The van der Waals surface area contributed by atoms with Gasteiger partial charge < -0.3 is 5.11 Å². The molecule has 16 heavy (non-hydrogen) atoms. The van der Waals surface area contributed by atoms with E-state index in [0.29, 0.717) is 5.56 Å². The molecule has 0 aliphatic rings. The van der Waals surface area contributed by atoms with Crippen LogP contribution in [0.1, 0.15) is 16.7 Å². The van der Waals surface area contributed by atoms with Crippen molar-refractivity contribution in [2.24, 2.45) is 0 Å². The Balaban J connectivity index is 3.17. The van der Waals surface area contributed by atoms with Crippen molar-refractivity contribution in [3.8, 4) is 11.8 Å². The fraction of sp³-hybridized carbons (Fsp3) is 0.273. The number of rotatable bonds is 1. The summed E-state index contributed by atoms with van der Waals surface area (Å²) in [5, 5.41) is 8.94. The van der Waals surface area contributed by atoms with Gasteiger partial charge in [0.25, 0.3) is 0 Å². The first kappa shape index (κ1) is 12.9. The second kappa shape index (κ2) is 5.24. The third kappa shape index (κ3) is 3.16. The van der Waals surface area contributed by atoms with Crippen LogP contribution in [0, 0.1) is 11.8 Å². The summed E-state index contributed by atoms with van der Waals surface area (Å²) in [4.78, 5) is 0. The average Bonchev–Trinajstić information content (AvgIpc) is 2.24. The molecule has 1 nitrogen and oxygen atoms in total. The maximum absolute atomic E-state index is 12.3. The highest BCUT2D eigenvalue weighted by atomic mass is 35.5. The second-order valence-electron chi connectivity index (χ2n) is 2.96. The molecule has 1 aromatic carbocycles. The summed E-state index contributed by atoms with van der Waals surface area (Å²) in [5.74, 6) is 5.19. The largest absolute Gasteiger partial charge is 0.416 e. The maximum Gasteiger partial charge on any atom is 0.416 e. The van der Waals surface area contributed by atoms with Gasteiger partial charge in [-0.2, -0.15) is 13.2 Å². The molecule has 86 valence electrons. The molecule has 0 fully saturated rings. The second-order valence-corrected chi connectivity index (χ2v) is 3.23. The first-order valence-electron chi connectivity index (χ1n) is 4.35. The first-order valence-corrected chi connectivity index (χ1v) is 4.88. The lowest BCUT2D eigenvalue weighted by Crippen LogP contribution is -2.06. The minimum atomic E-state index is -4.41. The highest BCUT2D eigenvalue weighted by molar-refractivity contribution is 6.19. The van der Waals surface area contributed by atoms with Gasteiger partial charge in [0.2, 0.25) is 0 Å². The molecule has 0 saturated heterocycles. The van der Waals surface area contributed by atoms with E-state index in [4.69, 9.17) is 16.7 Å². The van der Waals surface area contributed by atoms with Crippen LogP contribution in [-0.4, -0.2) is 11.0 Å². The minimum Gasteiger partial charge on any atom is -0.392 e. The Morgan fingerprint density at radius 1 is 1.31 bits per heavy atom. The summed E-state index contributed by atoms with van der Waals surface area (Å²) >= 11 is 5.33. The first-order chi connectivity index (χ1) is 7.49. The lowest BCUT2D eigenvalue weighted by molar-refractivity contribution is -0.137. The van der Waals surface area contributed by atoms with E-state index < -0.39 is 18.3 Å². The zero-order valence-electron chi connectivity index (χ0n) is 8.11. The molecule has 5 heteroatoms. The molecule has 0 amide bonds. The number of hydrogen-bond donors (Lipinski definition) is 1. The molecular weight excluding hydrogens is 241 g/mol. The zero-order valence-corrected chi connectivity index (χ0v) is 8.86. The lowest BCUT2D eigenvalue weighted by atomic mass is 10.0. The molecule has 0 aliphatic carbocycles. The van der Waals surface area contributed by atoms with Crippen LogP contribution in [0.5, 0.6) is 0 Å². The molecule has 0 aromatic heterocycles. The van der Waals surface area contributed by atoms with Gasteiger partial charge in [0.05, 0.1) is 18.1 Å². The summed E-state index contributed by atoms with van der Waals surface area (Å²) in [6, 6.07) is 3.05. The van der Waals surface area contributed by atoms with E-state index in [1.54, 1.807) is 0 Å². The molecule has 0 unspecified atom stereocenters. The summed E-state index contributed by atoms with van der Waals surface area (Å²) in [6.45, 7) is -0.490. The van der Waals surface area contributed by atoms with E-state index in [-0.39, 0.29) is 11.4 Å². The molecule has 0 atom stereocenters. The molecule has 0 heterocycles. The Kier molecular flexibility index (Phi) is 4.22. The standard InChI is InChI=1S/C11H8ClF3O/c12-5-1-2-8-3-4-10(11(13,14)15)6-9(8)7-16/h3-4,6,16H,5,7H2. The minimum absolute atomic E-state index is 0.0892. The van der Waals surface area contributed by atoms with Crippen LogP contribution in [-0.2, 0) is 12.8 Å². The van der Waals surface area contributed by atoms with E-state index >= 15 is 0 Å². The van der Waals surface area contributed by atoms with Crippen LogP contribution in [0.15, 0.2) is 18.2 Å². The van der Waals surface area contributed by atoms with Gasteiger partial charge in [0, 0.05) is 5.56 Å². The summed E-state index contributed by atoms with van der Waals surface area (Å²) in [7, 11) is 0. The van der Waals surface area contributed by atoms with E-state index in [0.717, 1.165) is 12.1 Å². The van der Waals surface area contributed by atoms with Crippen LogP contribution < -0.4 is 0 Å². The van der Waals surface area contributed by atoms with Gasteiger partial charge in [0.15, 0.2) is 0 Å². The zero-order chi connectivity index (χ0) is 12.2. The molecule has 0 saturated carbocycles. The maximum atomic E-state index is 12.3. The van der Waals surface area contributed by atoms with Gasteiger partial charge in [-0.1, -0.05) is 11.8 Å². The third-order valence-electron chi connectivity index (χ3n) is 1.89. The predicted octanol–water partition coefficient (Wildman–Crippen LogP) is 2.79. The van der Waals surface area contributed by atoms with Crippen molar-refractivity contribution in [2.75, 3.05) is 5.88 Å². The van der Waals surface area contributed by atoms with Crippen molar-refractivity contribution < 1.29 is 18.3 Å². The summed E-state index contributed by atoms with van der Waals surface area (Å²) < 4.78 is 37.0. The Labute approximate surface area is 95.8 Å². The molecule has 1 aromatic rings. The summed E-state index contributed by atoms with van der Waals surface area (Å²) in [6.07, 6.45) is -4.41. The van der Waals surface area contributed by atoms with Gasteiger partial charge in [-0.05, 0) is 23.8 Å². The van der Waals surface area contributed by atoms with Crippen molar-refractivity contribution in [3.05, 3.63) is 34.9 Å². The lowest BCUT2D eigenvalue weighted by Gasteiger charge is -2.09. The van der Waals surface area contributed by atoms with E-state index in [1.807, 2.05) is 0 Å². The molecule has 1 rings (SSSR count). The molecule has 0 aliphatic heterocycles. The van der Waals surface area contributed by atoms with E-state index in [2.05, 4.69) is 11.8 Å². The number of halogens is 4. The van der Waals surface area contributed by atoms with Gasteiger partial charge >= 0.3 is 6.18 Å². The molecule has 0 radical (unpaired) electrons. The highest BCUT2D eigenvalue weighted by Crippen LogP contribution is 2.30. The highest BCUT2D eigenvalue weighted by Gasteiger charge is 2.30. The third-order valence-corrected chi connectivity index (χ3v) is 2.03. The SMILES string of the molecule is OCc1cc(C(F)(F)F)ccc1C#CCCl. The number of alkyl halides is 4. The topological polar surface area (TPSA) is 20.2 Å². The van der Waals surface area contributed by atoms with Crippen molar-refractivity contribution in [1.29, 1.82) is 0 Å². The number of hydrogen-bond acceptors (Lipinski definition) is 1. The Morgan fingerprint density at radius 3 is 2.50 bits per heavy atom. The molecule has 0 bridgehead atoms. The number of benzene rings is 1. The van der Waals surface area contributed by atoms with Crippen LogP contribution in [0.4, 0.5) is 13.2 Å². The van der Waals surface area contributed by atoms with Gasteiger partial charge in [-0.3, -0.25) is 0 Å². The van der Waals surface area contributed by atoms with Crippen LogP contribution in [0.2, 0.25) is 0 Å². The van der Waals surface area contributed by atoms with Crippen LogP contribution in [0.25, 0.3) is 0 Å². The van der Waals surface area contributed by atoms with Crippen molar-refractivity contribution in [1.82, 2.24) is 0 Å². The molecule has 0 spiro atoms. The number of aliphatic hydroxyl groups is 1. The Bertz CT molecular complexity index is 429. The van der Waals surface area contributed by atoms with Gasteiger partial charge in [-0.15, -0.1) is 11.6 Å². The van der Waals surface area contributed by atoms with Crippen molar-refractivity contribution >= 4 is 11.6 Å². The van der Waals surface area contributed by atoms with Crippen LogP contribution in [0.3, 0.4) is 0 Å². The average molecular weight is 249 g/mol. The molecule has 1 N–H and O–H groups in total. The quantitative estimate of drug-likeness (QED) is 0.599. The fourth-order valence-electron chi connectivity index (χ4n) is 1.15. The predicted molar refractivity (Wildman–Crippen MR) is 55.0 cm³/mol. The van der Waals surface area contributed by atoms with Crippen molar-refractivity contribution in [3.63, 3.8) is 0 Å². The Morgan fingerprint density at radius 2 is 2.00 bits per heavy atom. The monoisotopic (exact) mass is 248 g/mol. The smallest absolute Gasteiger partial charge is 0.392 e. The summed E-state index contributed by atoms with van der Waals surface area (Å²) in [5.41, 5.74) is -0.295. The van der Waals surface area contributed by atoms with Crippen LogP contribution >= 0.6 is 11.6 Å². The van der Waals surface area contributed by atoms with E-state index in [9.17, 15) is 13.2 Å². The normalized spacial score (nSPS) is 10.8. The number of aliphatic hydroxyl groups excluding tert-OH is 1. The fourth-order valence-corrected chi connectivity index (χ4v) is 1.22. The van der Waals surface area contributed by atoms with Gasteiger partial charge in [0.1, 0.15) is 0 Å². The molecular formula is C11H8ClF3O. The van der Waals surface area contributed by atoms with E-state index in [1.165, 1.54) is 6.07 Å². The van der Waals surface area contributed by atoms with Crippen molar-refractivity contribution in [2.45, 2.75) is 12.8 Å². The van der Waals surface area contributed by atoms with Gasteiger partial charge in [-0.25, -0.2) is 0 Å². The Hall–Kier alpha value is -1.18.